The second-order valence-electron chi connectivity index (χ2n) is 5.80. The number of anilines is 2. The topological polar surface area (TPSA) is 70.7 Å². The number of carbonyl (C=O) groups is 2. The molecule has 120 valence electrons. The van der Waals surface area contributed by atoms with E-state index in [-0.39, 0.29) is 24.1 Å². The monoisotopic (exact) mass is 305 g/mol. The Morgan fingerprint density at radius 1 is 1.18 bits per heavy atom. The molecule has 1 aromatic rings. The lowest BCUT2D eigenvalue weighted by Gasteiger charge is -2.35. The van der Waals surface area contributed by atoms with Gasteiger partial charge in [-0.3, -0.25) is 4.79 Å². The second-order valence-corrected chi connectivity index (χ2v) is 5.80. The summed E-state index contributed by atoms with van der Waals surface area (Å²) in [6.45, 7) is 8.41. The Bertz CT molecular complexity index is 564. The summed E-state index contributed by atoms with van der Waals surface area (Å²) >= 11 is 0. The summed E-state index contributed by atoms with van der Waals surface area (Å²) in [4.78, 5) is 25.3. The van der Waals surface area contributed by atoms with Gasteiger partial charge in [0, 0.05) is 31.4 Å². The van der Waals surface area contributed by atoms with Gasteiger partial charge in [-0.05, 0) is 38.5 Å². The van der Waals surface area contributed by atoms with Gasteiger partial charge >= 0.3 is 6.03 Å². The largest absolute Gasteiger partial charge is 0.372 e. The van der Waals surface area contributed by atoms with E-state index >= 15 is 0 Å². The Morgan fingerprint density at radius 3 is 2.41 bits per heavy atom. The number of morpholine rings is 1. The molecule has 2 atom stereocenters. The van der Waals surface area contributed by atoms with Crippen LogP contribution >= 0.6 is 0 Å². The standard InChI is InChI=1S/C16H23N3O3/c1-10-5-6-14(7-15(10)17-13(4)20)18-16(21)19-8-11(2)22-12(3)9-19/h5-7,11-12H,8-9H2,1-4H3,(H,17,20)(H,18,21)/t11-,12-/m0/s1. The van der Waals surface area contributed by atoms with E-state index in [2.05, 4.69) is 10.6 Å². The van der Waals surface area contributed by atoms with Gasteiger partial charge < -0.3 is 20.3 Å². The first-order chi connectivity index (χ1) is 10.3. The molecule has 0 spiro atoms. The van der Waals surface area contributed by atoms with Crippen molar-refractivity contribution in [2.24, 2.45) is 0 Å². The molecule has 0 aromatic heterocycles. The van der Waals surface area contributed by atoms with Gasteiger partial charge in [0.25, 0.3) is 0 Å². The number of hydrogen-bond donors (Lipinski definition) is 2. The molecule has 1 saturated heterocycles. The molecule has 6 heteroatoms. The number of amides is 3. The number of benzene rings is 1. The van der Waals surface area contributed by atoms with Crippen LogP contribution in [0.15, 0.2) is 18.2 Å². The predicted octanol–water partition coefficient (Wildman–Crippen LogP) is 2.59. The molecule has 1 aromatic carbocycles. The summed E-state index contributed by atoms with van der Waals surface area (Å²) in [5, 5.41) is 5.63. The van der Waals surface area contributed by atoms with Crippen molar-refractivity contribution < 1.29 is 14.3 Å². The summed E-state index contributed by atoms with van der Waals surface area (Å²) < 4.78 is 5.63. The van der Waals surface area contributed by atoms with Crippen molar-refractivity contribution in [1.82, 2.24) is 4.90 Å². The minimum Gasteiger partial charge on any atom is -0.372 e. The number of carbonyl (C=O) groups excluding carboxylic acids is 2. The third-order valence-corrected chi connectivity index (χ3v) is 3.51. The average molecular weight is 305 g/mol. The third-order valence-electron chi connectivity index (χ3n) is 3.51. The minimum atomic E-state index is -0.153. The summed E-state index contributed by atoms with van der Waals surface area (Å²) in [6.07, 6.45) is 0.0601. The van der Waals surface area contributed by atoms with Gasteiger partial charge in [0.2, 0.25) is 5.91 Å². The minimum absolute atomic E-state index is 0.0301. The third kappa shape index (κ3) is 4.21. The van der Waals surface area contributed by atoms with E-state index in [9.17, 15) is 9.59 Å². The van der Waals surface area contributed by atoms with E-state index in [1.165, 1.54) is 6.92 Å². The van der Waals surface area contributed by atoms with Crippen LogP contribution in [0.1, 0.15) is 26.3 Å². The van der Waals surface area contributed by atoms with Crippen LogP contribution in [0.3, 0.4) is 0 Å². The van der Waals surface area contributed by atoms with Crippen molar-refractivity contribution in [3.8, 4) is 0 Å². The highest BCUT2D eigenvalue weighted by molar-refractivity contribution is 5.93. The fourth-order valence-electron chi connectivity index (χ4n) is 2.57. The predicted molar refractivity (Wildman–Crippen MR) is 86.1 cm³/mol. The van der Waals surface area contributed by atoms with Gasteiger partial charge in [0.05, 0.1) is 12.2 Å². The maximum atomic E-state index is 12.3. The van der Waals surface area contributed by atoms with Crippen LogP contribution in [0.2, 0.25) is 0 Å². The Morgan fingerprint density at radius 2 is 1.82 bits per heavy atom. The Hall–Kier alpha value is -2.08. The van der Waals surface area contributed by atoms with Crippen LogP contribution in [-0.4, -0.2) is 42.1 Å². The van der Waals surface area contributed by atoms with E-state index in [0.717, 1.165) is 5.56 Å². The van der Waals surface area contributed by atoms with Crippen molar-refractivity contribution in [2.45, 2.75) is 39.9 Å². The number of rotatable bonds is 2. The first-order valence-corrected chi connectivity index (χ1v) is 7.44. The van der Waals surface area contributed by atoms with Crippen LogP contribution in [0, 0.1) is 6.92 Å². The lowest BCUT2D eigenvalue weighted by Crippen LogP contribution is -2.49. The summed E-state index contributed by atoms with van der Waals surface area (Å²) in [5.41, 5.74) is 2.31. The molecule has 0 saturated carbocycles. The maximum absolute atomic E-state index is 12.3. The van der Waals surface area contributed by atoms with Gasteiger partial charge in [0.15, 0.2) is 0 Å². The molecule has 0 unspecified atom stereocenters. The maximum Gasteiger partial charge on any atom is 0.322 e. The van der Waals surface area contributed by atoms with Gasteiger partial charge in [-0.2, -0.15) is 0 Å². The Labute approximate surface area is 130 Å². The zero-order valence-corrected chi connectivity index (χ0v) is 13.5. The van der Waals surface area contributed by atoms with Crippen molar-refractivity contribution >= 4 is 23.3 Å². The van der Waals surface area contributed by atoms with Gasteiger partial charge in [-0.15, -0.1) is 0 Å². The number of hydrogen-bond acceptors (Lipinski definition) is 3. The number of nitrogens with zero attached hydrogens (tertiary/aromatic N) is 1. The molecule has 22 heavy (non-hydrogen) atoms. The molecule has 2 rings (SSSR count). The van der Waals surface area contributed by atoms with Gasteiger partial charge in [0.1, 0.15) is 0 Å². The smallest absolute Gasteiger partial charge is 0.322 e. The normalized spacial score (nSPS) is 21.4. The fourth-order valence-corrected chi connectivity index (χ4v) is 2.57. The first kappa shape index (κ1) is 16.3. The molecule has 2 N–H and O–H groups in total. The average Bonchev–Trinajstić information content (AvgIpc) is 2.41. The van der Waals surface area contributed by atoms with Crippen molar-refractivity contribution in [3.05, 3.63) is 23.8 Å². The van der Waals surface area contributed by atoms with Crippen molar-refractivity contribution in [2.75, 3.05) is 23.7 Å². The first-order valence-electron chi connectivity index (χ1n) is 7.44. The highest BCUT2D eigenvalue weighted by Crippen LogP contribution is 2.21. The Balaban J connectivity index is 2.06. The fraction of sp³-hybridized carbons (Fsp3) is 0.500. The molecular formula is C16H23N3O3. The molecule has 1 heterocycles. The summed E-state index contributed by atoms with van der Waals surface area (Å²) in [6, 6.07) is 5.30. The number of aryl methyl sites for hydroxylation is 1. The Kier molecular flexibility index (Phi) is 5.03. The van der Waals surface area contributed by atoms with E-state index in [0.29, 0.717) is 24.5 Å². The molecule has 3 amide bonds. The molecule has 6 nitrogen and oxygen atoms in total. The number of ether oxygens (including phenoxy) is 1. The number of urea groups is 1. The SMILES string of the molecule is CC(=O)Nc1cc(NC(=O)N2C[C@H](C)O[C@@H](C)C2)ccc1C. The quantitative estimate of drug-likeness (QED) is 0.882. The van der Waals surface area contributed by atoms with Crippen LogP contribution in [0.4, 0.5) is 16.2 Å². The molecular weight excluding hydrogens is 282 g/mol. The van der Waals surface area contributed by atoms with Crippen LogP contribution in [-0.2, 0) is 9.53 Å². The van der Waals surface area contributed by atoms with Crippen LogP contribution < -0.4 is 10.6 Å². The summed E-state index contributed by atoms with van der Waals surface area (Å²) in [7, 11) is 0. The molecule has 1 aliphatic rings. The lowest BCUT2D eigenvalue weighted by molar-refractivity contribution is -0.114. The molecule has 0 bridgehead atoms. The molecule has 1 fully saturated rings. The zero-order chi connectivity index (χ0) is 16.3. The summed E-state index contributed by atoms with van der Waals surface area (Å²) in [5.74, 6) is -0.137. The molecule has 1 aliphatic heterocycles. The highest BCUT2D eigenvalue weighted by atomic mass is 16.5. The van der Waals surface area contributed by atoms with E-state index < -0.39 is 0 Å². The van der Waals surface area contributed by atoms with E-state index in [1.54, 1.807) is 11.0 Å². The van der Waals surface area contributed by atoms with Crippen LogP contribution in [0.25, 0.3) is 0 Å². The van der Waals surface area contributed by atoms with Crippen molar-refractivity contribution in [3.63, 3.8) is 0 Å². The molecule has 0 radical (unpaired) electrons. The number of nitrogens with one attached hydrogen (secondary N) is 2. The van der Waals surface area contributed by atoms with Crippen LogP contribution in [0.5, 0.6) is 0 Å². The van der Waals surface area contributed by atoms with E-state index in [4.69, 9.17) is 4.74 Å². The zero-order valence-electron chi connectivity index (χ0n) is 13.5. The highest BCUT2D eigenvalue weighted by Gasteiger charge is 2.25. The lowest BCUT2D eigenvalue weighted by atomic mass is 10.1. The second kappa shape index (κ2) is 6.79. The van der Waals surface area contributed by atoms with E-state index in [1.807, 2.05) is 32.9 Å². The molecule has 0 aliphatic carbocycles. The van der Waals surface area contributed by atoms with Gasteiger partial charge in [-0.25, -0.2) is 4.79 Å². The van der Waals surface area contributed by atoms with Crippen molar-refractivity contribution in [1.29, 1.82) is 0 Å². The van der Waals surface area contributed by atoms with Gasteiger partial charge in [-0.1, -0.05) is 6.07 Å².